The average Bonchev–Trinajstić information content (AvgIpc) is 3.34. The van der Waals surface area contributed by atoms with Crippen LogP contribution in [0.3, 0.4) is 0 Å². The first kappa shape index (κ1) is 22.9. The van der Waals surface area contributed by atoms with E-state index < -0.39 is 18.0 Å². The monoisotopic (exact) mass is 496 g/mol. The van der Waals surface area contributed by atoms with Crippen LogP contribution in [0.1, 0.15) is 27.7 Å². The molecule has 180 valence electrons. The highest BCUT2D eigenvalue weighted by atomic mass is 35.5. The maximum absolute atomic E-state index is 14.0. The van der Waals surface area contributed by atoms with Crippen LogP contribution in [0, 0.1) is 5.82 Å². The summed E-state index contributed by atoms with van der Waals surface area (Å²) in [6.07, 6.45) is -1.22. The molecule has 4 aromatic rings. The van der Waals surface area contributed by atoms with Gasteiger partial charge in [-0.25, -0.2) is 4.39 Å². The molecule has 3 N–H and O–H groups in total. The van der Waals surface area contributed by atoms with Crippen molar-refractivity contribution in [3.05, 3.63) is 70.0 Å². The van der Waals surface area contributed by atoms with Crippen LogP contribution in [0.5, 0.6) is 11.5 Å². The standard InChI is InChI=1S/C25H22ClFN4O4/c1-31-18-10-17(28-11-12-4-6-14(34-2)9-19(12)35-3)20-22(25(33)29-24(20)32)21(18)23(30-31)15-8-13(27)5-7-16(15)26/h4-10,24,28,32H,11H2,1-3H3,(H,29,33). The lowest BCUT2D eigenvalue weighted by atomic mass is 9.97. The molecule has 35 heavy (non-hydrogen) atoms. The van der Waals surface area contributed by atoms with Crippen molar-refractivity contribution in [2.24, 2.45) is 7.05 Å². The van der Waals surface area contributed by atoms with Gasteiger partial charge in [-0.15, -0.1) is 0 Å². The van der Waals surface area contributed by atoms with E-state index in [2.05, 4.69) is 15.7 Å². The van der Waals surface area contributed by atoms with E-state index in [1.54, 1.807) is 38.1 Å². The molecule has 0 bridgehead atoms. The molecular weight excluding hydrogens is 475 g/mol. The molecule has 0 saturated heterocycles. The van der Waals surface area contributed by atoms with Crippen molar-refractivity contribution in [1.82, 2.24) is 15.1 Å². The van der Waals surface area contributed by atoms with Crippen molar-refractivity contribution in [3.63, 3.8) is 0 Å². The highest BCUT2D eigenvalue weighted by molar-refractivity contribution is 6.34. The van der Waals surface area contributed by atoms with Crippen molar-refractivity contribution in [2.45, 2.75) is 12.8 Å². The Balaban J connectivity index is 1.65. The van der Waals surface area contributed by atoms with Gasteiger partial charge in [0.25, 0.3) is 5.91 Å². The number of amides is 1. The topological polar surface area (TPSA) is 97.6 Å². The van der Waals surface area contributed by atoms with Crippen LogP contribution < -0.4 is 20.1 Å². The maximum Gasteiger partial charge on any atom is 0.254 e. The number of ether oxygens (including phenoxy) is 2. The summed E-state index contributed by atoms with van der Waals surface area (Å²) in [5.41, 5.74) is 3.39. The van der Waals surface area contributed by atoms with Crippen molar-refractivity contribution in [1.29, 1.82) is 0 Å². The van der Waals surface area contributed by atoms with E-state index in [0.717, 1.165) is 5.56 Å². The number of carbonyl (C=O) groups is 1. The number of aliphatic hydroxyl groups is 1. The predicted molar refractivity (Wildman–Crippen MR) is 130 cm³/mol. The van der Waals surface area contributed by atoms with Gasteiger partial charge in [0.2, 0.25) is 0 Å². The highest BCUT2D eigenvalue weighted by Crippen LogP contribution is 2.42. The van der Waals surface area contributed by atoms with Crippen LogP contribution in [-0.2, 0) is 13.6 Å². The fraction of sp³-hybridized carbons (Fsp3) is 0.200. The summed E-state index contributed by atoms with van der Waals surface area (Å²) in [5, 5.41) is 21.9. The first-order valence-corrected chi connectivity index (χ1v) is 11.1. The summed E-state index contributed by atoms with van der Waals surface area (Å²) in [4.78, 5) is 13.0. The minimum absolute atomic E-state index is 0.266. The predicted octanol–water partition coefficient (Wildman–Crippen LogP) is 4.40. The largest absolute Gasteiger partial charge is 0.497 e. The number of aliphatic hydroxyl groups excluding tert-OH is 1. The van der Waals surface area contributed by atoms with Crippen LogP contribution in [0.2, 0.25) is 5.02 Å². The van der Waals surface area contributed by atoms with E-state index in [1.165, 1.54) is 18.2 Å². The molecule has 1 atom stereocenters. The number of halogens is 2. The number of methoxy groups -OCH3 is 2. The first-order chi connectivity index (χ1) is 16.8. The van der Waals surface area contributed by atoms with Gasteiger partial charge in [0.05, 0.1) is 30.3 Å². The molecule has 0 fully saturated rings. The van der Waals surface area contributed by atoms with E-state index in [-0.39, 0.29) is 5.56 Å². The Labute approximate surface area is 205 Å². The van der Waals surface area contributed by atoms with Gasteiger partial charge in [-0.2, -0.15) is 5.10 Å². The third kappa shape index (κ3) is 3.82. The number of nitrogens with zero attached hydrogens (tertiary/aromatic N) is 2. The van der Waals surface area contributed by atoms with Crippen molar-refractivity contribution in [3.8, 4) is 22.8 Å². The molecule has 2 heterocycles. The van der Waals surface area contributed by atoms with E-state index >= 15 is 0 Å². The second-order valence-electron chi connectivity index (χ2n) is 8.11. The van der Waals surface area contributed by atoms with E-state index in [4.69, 9.17) is 21.1 Å². The van der Waals surface area contributed by atoms with Gasteiger partial charge in [-0.05, 0) is 36.4 Å². The zero-order valence-electron chi connectivity index (χ0n) is 19.1. The Bertz CT molecular complexity index is 1490. The molecule has 1 aliphatic rings. The molecule has 0 spiro atoms. The number of fused-ring (bicyclic) bond motifs is 3. The Morgan fingerprint density at radius 3 is 2.74 bits per heavy atom. The summed E-state index contributed by atoms with van der Waals surface area (Å²) in [6.45, 7) is 0.354. The molecule has 3 aromatic carbocycles. The molecule has 8 nitrogen and oxygen atoms in total. The van der Waals surface area contributed by atoms with Gasteiger partial charge in [-0.3, -0.25) is 9.48 Å². The lowest BCUT2D eigenvalue weighted by Crippen LogP contribution is -2.18. The van der Waals surface area contributed by atoms with E-state index in [9.17, 15) is 14.3 Å². The summed E-state index contributed by atoms with van der Waals surface area (Å²) < 4.78 is 26.4. The van der Waals surface area contributed by atoms with Crippen LogP contribution in [0.4, 0.5) is 10.1 Å². The van der Waals surface area contributed by atoms with Crippen LogP contribution in [0.15, 0.2) is 42.5 Å². The number of carbonyl (C=O) groups excluding carboxylic acids is 1. The van der Waals surface area contributed by atoms with Crippen LogP contribution in [0.25, 0.3) is 22.2 Å². The molecule has 1 aromatic heterocycles. The number of hydrogen-bond donors (Lipinski definition) is 3. The number of aryl methyl sites for hydroxylation is 1. The first-order valence-electron chi connectivity index (χ1n) is 10.7. The molecule has 0 saturated carbocycles. The molecule has 0 aliphatic carbocycles. The fourth-order valence-corrected chi connectivity index (χ4v) is 4.63. The van der Waals surface area contributed by atoms with Crippen LogP contribution >= 0.6 is 11.6 Å². The Kier molecular flexibility index (Phi) is 5.74. The summed E-state index contributed by atoms with van der Waals surface area (Å²) in [5.74, 6) is 0.366. The SMILES string of the molecule is COc1ccc(CNc2cc3c(c(-c4cc(F)ccc4Cl)nn3C)c3c2C(O)NC3=O)c(OC)c1. The number of benzene rings is 3. The lowest BCUT2D eigenvalue weighted by molar-refractivity contribution is 0.0852. The van der Waals surface area contributed by atoms with Gasteiger partial charge < -0.3 is 25.2 Å². The molecular formula is C25H22ClFN4O4. The normalized spacial score (nSPS) is 14.7. The second-order valence-corrected chi connectivity index (χ2v) is 8.52. The summed E-state index contributed by atoms with van der Waals surface area (Å²) >= 11 is 6.36. The third-order valence-corrected chi connectivity index (χ3v) is 6.43. The van der Waals surface area contributed by atoms with E-state index in [1.807, 2.05) is 12.1 Å². The Morgan fingerprint density at radius 1 is 1.20 bits per heavy atom. The third-order valence-electron chi connectivity index (χ3n) is 6.10. The average molecular weight is 497 g/mol. The molecule has 1 unspecified atom stereocenters. The zero-order valence-corrected chi connectivity index (χ0v) is 19.9. The molecule has 10 heteroatoms. The molecule has 5 rings (SSSR count). The zero-order chi connectivity index (χ0) is 24.9. The van der Waals surface area contributed by atoms with Gasteiger partial charge in [0, 0.05) is 47.4 Å². The number of rotatable bonds is 6. The van der Waals surface area contributed by atoms with Gasteiger partial charge in [0.15, 0.2) is 6.23 Å². The van der Waals surface area contributed by atoms with Gasteiger partial charge in [0.1, 0.15) is 23.0 Å². The molecule has 1 amide bonds. The van der Waals surface area contributed by atoms with Crippen LogP contribution in [-0.4, -0.2) is 35.0 Å². The smallest absolute Gasteiger partial charge is 0.254 e. The number of aromatic nitrogens is 2. The van der Waals surface area contributed by atoms with Gasteiger partial charge >= 0.3 is 0 Å². The minimum atomic E-state index is -1.22. The van der Waals surface area contributed by atoms with Gasteiger partial charge in [-0.1, -0.05) is 11.6 Å². The quantitative estimate of drug-likeness (QED) is 0.366. The number of anilines is 1. The minimum Gasteiger partial charge on any atom is -0.497 e. The number of nitrogens with one attached hydrogen (secondary N) is 2. The Morgan fingerprint density at radius 2 is 2.00 bits per heavy atom. The van der Waals surface area contributed by atoms with Crippen molar-refractivity contribution in [2.75, 3.05) is 19.5 Å². The second kappa shape index (κ2) is 8.75. The maximum atomic E-state index is 14.0. The number of hydrogen-bond acceptors (Lipinski definition) is 6. The van der Waals surface area contributed by atoms with E-state index in [0.29, 0.717) is 56.5 Å². The molecule has 1 aliphatic heterocycles. The fourth-order valence-electron chi connectivity index (χ4n) is 4.42. The highest BCUT2D eigenvalue weighted by Gasteiger charge is 2.35. The summed E-state index contributed by atoms with van der Waals surface area (Å²) in [6, 6.07) is 11.3. The van der Waals surface area contributed by atoms with Crippen molar-refractivity contribution >= 4 is 34.1 Å². The Hall–Kier alpha value is -3.82. The molecule has 0 radical (unpaired) electrons. The lowest BCUT2D eigenvalue weighted by Gasteiger charge is -2.16. The van der Waals surface area contributed by atoms with Crippen molar-refractivity contribution < 1.29 is 23.8 Å². The summed E-state index contributed by atoms with van der Waals surface area (Å²) in [7, 11) is 4.88.